The molecule has 3 amide bonds. The largest absolute Gasteiger partial charge is 0.361 e. The number of anilines is 1. The van der Waals surface area contributed by atoms with E-state index in [0.717, 1.165) is 22.0 Å². The number of aromatic nitrogens is 1. The highest BCUT2D eigenvalue weighted by Crippen LogP contribution is 2.45. The molecule has 1 aromatic heterocycles. The van der Waals surface area contributed by atoms with Crippen LogP contribution in [0.1, 0.15) is 44.4 Å². The fourth-order valence-corrected chi connectivity index (χ4v) is 5.18. The van der Waals surface area contributed by atoms with E-state index < -0.39 is 6.17 Å². The molecule has 174 valence electrons. The van der Waals surface area contributed by atoms with E-state index in [9.17, 15) is 14.4 Å². The monoisotopic (exact) mass is 464 g/mol. The van der Waals surface area contributed by atoms with Gasteiger partial charge >= 0.3 is 0 Å². The Kier molecular flexibility index (Phi) is 5.10. The van der Waals surface area contributed by atoms with Gasteiger partial charge in [0.2, 0.25) is 5.91 Å². The van der Waals surface area contributed by atoms with E-state index in [1.807, 2.05) is 48.7 Å². The number of para-hydroxylation sites is 2. The number of nitrogens with zero attached hydrogens (tertiary/aromatic N) is 2. The van der Waals surface area contributed by atoms with Gasteiger partial charge in [-0.25, -0.2) is 0 Å². The molecule has 4 aromatic rings. The van der Waals surface area contributed by atoms with Crippen molar-refractivity contribution in [3.8, 4) is 0 Å². The summed E-state index contributed by atoms with van der Waals surface area (Å²) < 4.78 is 0. The number of rotatable bonds is 6. The first-order valence-electron chi connectivity index (χ1n) is 11.8. The lowest BCUT2D eigenvalue weighted by molar-refractivity contribution is -0.121. The maximum Gasteiger partial charge on any atom is 0.260 e. The SMILES string of the molecule is O=C(CCN1C(=O)c2ccccc2N2C(=O)c3ccccc3C12)NCCc1c[nH]c2ccccc12. The lowest BCUT2D eigenvalue weighted by atomic mass is 10.0. The fraction of sp³-hybridized carbons (Fsp3) is 0.179. The summed E-state index contributed by atoms with van der Waals surface area (Å²) in [5, 5.41) is 4.13. The van der Waals surface area contributed by atoms with E-state index in [1.54, 1.807) is 34.1 Å². The molecule has 2 aliphatic rings. The molecule has 0 radical (unpaired) electrons. The Labute approximate surface area is 202 Å². The third kappa shape index (κ3) is 3.47. The first-order valence-corrected chi connectivity index (χ1v) is 11.8. The van der Waals surface area contributed by atoms with Gasteiger partial charge < -0.3 is 15.2 Å². The minimum atomic E-state index is -0.542. The Balaban J connectivity index is 1.17. The van der Waals surface area contributed by atoms with Crippen LogP contribution < -0.4 is 10.2 Å². The molecule has 2 aliphatic heterocycles. The number of nitrogens with one attached hydrogen (secondary N) is 2. The van der Waals surface area contributed by atoms with Crippen LogP contribution >= 0.6 is 0 Å². The summed E-state index contributed by atoms with van der Waals surface area (Å²) in [5.41, 5.74) is 4.71. The number of benzene rings is 3. The van der Waals surface area contributed by atoms with Crippen LogP contribution in [0.25, 0.3) is 10.9 Å². The minimum Gasteiger partial charge on any atom is -0.361 e. The highest BCUT2D eigenvalue weighted by Gasteiger charge is 2.47. The predicted molar refractivity (Wildman–Crippen MR) is 133 cm³/mol. The first kappa shape index (κ1) is 21.2. The standard InChI is InChI=1S/C28H24N4O3/c33-25(29-15-13-18-17-30-23-11-5-3-7-19(18)23)14-16-31-26-20-8-1-2-9-21(20)28(35)32(26)24-12-6-4-10-22(24)27(31)34/h1-12,17,26,30H,13-16H2,(H,29,33). The predicted octanol–water partition coefficient (Wildman–Crippen LogP) is 4.03. The number of fused-ring (bicyclic) bond motifs is 6. The quantitative estimate of drug-likeness (QED) is 0.452. The molecule has 2 N–H and O–H groups in total. The number of carbonyl (C=O) groups is 3. The molecule has 0 saturated heterocycles. The molecule has 1 unspecified atom stereocenters. The number of hydrogen-bond acceptors (Lipinski definition) is 3. The van der Waals surface area contributed by atoms with Gasteiger partial charge in [-0.2, -0.15) is 0 Å². The zero-order chi connectivity index (χ0) is 23.9. The van der Waals surface area contributed by atoms with Gasteiger partial charge in [-0.3, -0.25) is 19.3 Å². The second-order valence-corrected chi connectivity index (χ2v) is 8.86. The maximum atomic E-state index is 13.4. The molecule has 0 fully saturated rings. The molecule has 3 heterocycles. The number of carbonyl (C=O) groups excluding carboxylic acids is 3. The van der Waals surface area contributed by atoms with Crippen molar-refractivity contribution in [3.05, 3.63) is 101 Å². The summed E-state index contributed by atoms with van der Waals surface area (Å²) in [6.07, 6.45) is 2.30. The summed E-state index contributed by atoms with van der Waals surface area (Å²) in [6, 6.07) is 22.6. The third-order valence-corrected chi connectivity index (χ3v) is 6.85. The first-order chi connectivity index (χ1) is 17.1. The van der Waals surface area contributed by atoms with E-state index in [4.69, 9.17) is 0 Å². The normalized spacial score (nSPS) is 16.3. The molecule has 7 nitrogen and oxygen atoms in total. The van der Waals surface area contributed by atoms with Crippen LogP contribution in [-0.4, -0.2) is 40.7 Å². The zero-order valence-corrected chi connectivity index (χ0v) is 19.0. The molecular formula is C28H24N4O3. The summed E-state index contributed by atoms with van der Waals surface area (Å²) in [7, 11) is 0. The number of hydrogen-bond donors (Lipinski definition) is 2. The molecule has 0 spiro atoms. The van der Waals surface area contributed by atoms with Crippen molar-refractivity contribution in [2.75, 3.05) is 18.0 Å². The fourth-order valence-electron chi connectivity index (χ4n) is 5.18. The van der Waals surface area contributed by atoms with Crippen LogP contribution in [0.4, 0.5) is 5.69 Å². The van der Waals surface area contributed by atoms with Crippen molar-refractivity contribution >= 4 is 34.3 Å². The van der Waals surface area contributed by atoms with Gasteiger partial charge in [0.15, 0.2) is 0 Å². The highest BCUT2D eigenvalue weighted by atomic mass is 16.2. The second-order valence-electron chi connectivity index (χ2n) is 8.86. The van der Waals surface area contributed by atoms with Crippen molar-refractivity contribution in [2.24, 2.45) is 0 Å². The van der Waals surface area contributed by atoms with Gasteiger partial charge in [0, 0.05) is 47.7 Å². The lowest BCUT2D eigenvalue weighted by Gasteiger charge is -2.40. The van der Waals surface area contributed by atoms with E-state index in [0.29, 0.717) is 29.8 Å². The van der Waals surface area contributed by atoms with Crippen molar-refractivity contribution in [1.29, 1.82) is 0 Å². The molecule has 3 aromatic carbocycles. The van der Waals surface area contributed by atoms with Gasteiger partial charge in [0.05, 0.1) is 11.3 Å². The van der Waals surface area contributed by atoms with Gasteiger partial charge in [-0.05, 0) is 36.2 Å². The van der Waals surface area contributed by atoms with E-state index in [-0.39, 0.29) is 30.7 Å². The number of amides is 3. The van der Waals surface area contributed by atoms with Gasteiger partial charge in [-0.1, -0.05) is 48.5 Å². The Morgan fingerprint density at radius 2 is 1.63 bits per heavy atom. The summed E-state index contributed by atoms with van der Waals surface area (Å²) in [5.74, 6) is -0.419. The van der Waals surface area contributed by atoms with Crippen molar-refractivity contribution < 1.29 is 14.4 Å². The second kappa shape index (κ2) is 8.43. The maximum absolute atomic E-state index is 13.4. The molecule has 0 aliphatic carbocycles. The Morgan fingerprint density at radius 1 is 0.886 bits per heavy atom. The molecule has 0 saturated carbocycles. The Morgan fingerprint density at radius 3 is 2.51 bits per heavy atom. The molecule has 7 heteroatoms. The topological polar surface area (TPSA) is 85.5 Å². The third-order valence-electron chi connectivity index (χ3n) is 6.85. The summed E-state index contributed by atoms with van der Waals surface area (Å²) >= 11 is 0. The van der Waals surface area contributed by atoms with Crippen LogP contribution in [0, 0.1) is 0 Å². The lowest BCUT2D eigenvalue weighted by Crippen LogP contribution is -2.49. The average Bonchev–Trinajstić information content (AvgIpc) is 3.43. The zero-order valence-electron chi connectivity index (χ0n) is 19.0. The molecule has 6 rings (SSSR count). The smallest absolute Gasteiger partial charge is 0.260 e. The van der Waals surface area contributed by atoms with E-state index in [2.05, 4.69) is 16.4 Å². The van der Waals surface area contributed by atoms with Crippen LogP contribution in [-0.2, 0) is 11.2 Å². The number of aromatic amines is 1. The van der Waals surface area contributed by atoms with Gasteiger partial charge in [0.25, 0.3) is 11.8 Å². The summed E-state index contributed by atoms with van der Waals surface area (Å²) in [6.45, 7) is 0.725. The average molecular weight is 465 g/mol. The molecule has 0 bridgehead atoms. The molecular weight excluding hydrogens is 440 g/mol. The Bertz CT molecular complexity index is 1470. The Hall–Kier alpha value is -4.39. The molecule has 35 heavy (non-hydrogen) atoms. The highest BCUT2D eigenvalue weighted by molar-refractivity contribution is 6.16. The minimum absolute atomic E-state index is 0.124. The van der Waals surface area contributed by atoms with Crippen molar-refractivity contribution in [3.63, 3.8) is 0 Å². The van der Waals surface area contributed by atoms with Crippen LogP contribution in [0.15, 0.2) is 79.0 Å². The van der Waals surface area contributed by atoms with E-state index >= 15 is 0 Å². The van der Waals surface area contributed by atoms with Crippen molar-refractivity contribution in [1.82, 2.24) is 15.2 Å². The molecule has 1 atom stereocenters. The summed E-state index contributed by atoms with van der Waals surface area (Å²) in [4.78, 5) is 45.9. The van der Waals surface area contributed by atoms with Crippen LogP contribution in [0.2, 0.25) is 0 Å². The van der Waals surface area contributed by atoms with E-state index in [1.165, 1.54) is 0 Å². The van der Waals surface area contributed by atoms with Gasteiger partial charge in [-0.15, -0.1) is 0 Å². The van der Waals surface area contributed by atoms with Crippen molar-refractivity contribution in [2.45, 2.75) is 19.0 Å². The van der Waals surface area contributed by atoms with Gasteiger partial charge in [0.1, 0.15) is 6.17 Å². The number of H-pyrrole nitrogens is 1. The van der Waals surface area contributed by atoms with Crippen LogP contribution in [0.3, 0.4) is 0 Å². The van der Waals surface area contributed by atoms with Crippen LogP contribution in [0.5, 0.6) is 0 Å².